The van der Waals surface area contributed by atoms with E-state index in [0.29, 0.717) is 0 Å². The second-order valence-electron chi connectivity index (χ2n) is 8.76. The van der Waals surface area contributed by atoms with Crippen LogP contribution in [0.1, 0.15) is 26.3 Å². The van der Waals surface area contributed by atoms with Crippen molar-refractivity contribution in [2.24, 2.45) is 5.41 Å². The van der Waals surface area contributed by atoms with Crippen LogP contribution in [-0.2, 0) is 22.6 Å². The summed E-state index contributed by atoms with van der Waals surface area (Å²) in [6, 6.07) is 6.15. The molecule has 2 aromatic rings. The van der Waals surface area contributed by atoms with Crippen molar-refractivity contribution in [2.45, 2.75) is 33.7 Å². The van der Waals surface area contributed by atoms with Gasteiger partial charge in [-0.15, -0.1) is 5.06 Å². The van der Waals surface area contributed by atoms with E-state index in [1.165, 1.54) is 16.5 Å². The highest BCUT2D eigenvalue weighted by Gasteiger charge is 2.27. The number of hydrogen-bond acceptors (Lipinski definition) is 5. The predicted molar refractivity (Wildman–Crippen MR) is 118 cm³/mol. The fourth-order valence-electron chi connectivity index (χ4n) is 3.53. The van der Waals surface area contributed by atoms with Gasteiger partial charge in [0, 0.05) is 61.4 Å². The van der Waals surface area contributed by atoms with Crippen LogP contribution >= 0.6 is 11.6 Å². The van der Waals surface area contributed by atoms with Crippen molar-refractivity contribution in [1.82, 2.24) is 19.8 Å². The number of piperazine rings is 1. The number of carbonyl (C=O) groups is 1. The van der Waals surface area contributed by atoms with Crippen LogP contribution < -0.4 is 5.32 Å². The van der Waals surface area contributed by atoms with Gasteiger partial charge in [-0.25, -0.2) is 4.79 Å². The molecule has 6 nitrogen and oxygen atoms in total. The molecule has 0 atom stereocenters. The average molecular weight is 421 g/mol. The van der Waals surface area contributed by atoms with E-state index in [-0.39, 0.29) is 5.97 Å². The molecular formula is C22H33ClN4O2. The van der Waals surface area contributed by atoms with Gasteiger partial charge < -0.3 is 14.7 Å². The Morgan fingerprint density at radius 2 is 1.90 bits per heavy atom. The number of hydrogen-bond donors (Lipinski definition) is 1. The second-order valence-corrected chi connectivity index (χ2v) is 9.20. The van der Waals surface area contributed by atoms with Crippen LogP contribution in [0.15, 0.2) is 24.4 Å². The standard InChI is InChI=1S/C22H33ClN4O2/c1-22(2,3)21(28)29-27-13-10-25(11-14-27)9-12-26-16-17(7-8-24-4)19-15-18(23)5-6-20(19)26/h5-6,15-16,24H,7-14H2,1-4H3. The molecule has 3 rings (SSSR count). The normalized spacial score (nSPS) is 16.4. The van der Waals surface area contributed by atoms with E-state index in [9.17, 15) is 4.79 Å². The smallest absolute Gasteiger partial charge is 0.330 e. The number of carbonyl (C=O) groups excluding carboxylic acids is 1. The lowest BCUT2D eigenvalue weighted by molar-refractivity contribution is -0.206. The van der Waals surface area contributed by atoms with Gasteiger partial charge in [0.1, 0.15) is 0 Å². The number of rotatable bonds is 7. The maximum absolute atomic E-state index is 12.1. The first-order valence-corrected chi connectivity index (χ1v) is 10.8. The van der Waals surface area contributed by atoms with Crippen LogP contribution in [0.25, 0.3) is 10.9 Å². The first-order valence-electron chi connectivity index (χ1n) is 10.4. The molecule has 1 fully saturated rings. The summed E-state index contributed by atoms with van der Waals surface area (Å²) in [6.07, 6.45) is 3.25. The van der Waals surface area contributed by atoms with E-state index >= 15 is 0 Å². The molecule has 0 spiro atoms. The van der Waals surface area contributed by atoms with E-state index < -0.39 is 5.41 Å². The number of aromatic nitrogens is 1. The van der Waals surface area contributed by atoms with Gasteiger partial charge in [-0.05, 0) is 64.5 Å². The van der Waals surface area contributed by atoms with Gasteiger partial charge in [0.05, 0.1) is 5.41 Å². The quantitative estimate of drug-likeness (QED) is 0.745. The van der Waals surface area contributed by atoms with E-state index in [1.807, 2.05) is 33.9 Å². The largest absolute Gasteiger partial charge is 0.367 e. The van der Waals surface area contributed by atoms with Gasteiger partial charge in [0.25, 0.3) is 0 Å². The number of nitrogens with one attached hydrogen (secondary N) is 1. The highest BCUT2D eigenvalue weighted by Crippen LogP contribution is 2.25. The Morgan fingerprint density at radius 1 is 1.17 bits per heavy atom. The molecular weight excluding hydrogens is 388 g/mol. The zero-order valence-electron chi connectivity index (χ0n) is 18.0. The van der Waals surface area contributed by atoms with E-state index in [0.717, 1.165) is 57.3 Å². The minimum absolute atomic E-state index is 0.169. The summed E-state index contributed by atoms with van der Waals surface area (Å²) in [7, 11) is 1.98. The predicted octanol–water partition coefficient (Wildman–Crippen LogP) is 3.18. The zero-order chi connectivity index (χ0) is 21.0. The fourth-order valence-corrected chi connectivity index (χ4v) is 3.71. The Hall–Kier alpha value is -1.60. The van der Waals surface area contributed by atoms with Crippen molar-refractivity contribution in [1.29, 1.82) is 0 Å². The lowest BCUT2D eigenvalue weighted by Crippen LogP contribution is -2.48. The van der Waals surface area contributed by atoms with Crippen molar-refractivity contribution in [2.75, 3.05) is 46.3 Å². The Labute approximate surface area is 178 Å². The number of nitrogens with zero attached hydrogens (tertiary/aromatic N) is 3. The molecule has 0 amide bonds. The molecule has 0 bridgehead atoms. The molecule has 0 aliphatic carbocycles. The van der Waals surface area contributed by atoms with Gasteiger partial charge in [0.2, 0.25) is 0 Å². The van der Waals surface area contributed by atoms with Crippen molar-refractivity contribution < 1.29 is 9.63 Å². The summed E-state index contributed by atoms with van der Waals surface area (Å²) < 4.78 is 2.34. The third-order valence-corrected chi connectivity index (χ3v) is 5.62. The molecule has 160 valence electrons. The van der Waals surface area contributed by atoms with Gasteiger partial charge in [0.15, 0.2) is 0 Å². The molecule has 1 N–H and O–H groups in total. The fraction of sp³-hybridized carbons (Fsp3) is 0.591. The number of likely N-dealkylation sites (N-methyl/N-ethyl adjacent to an activating group) is 1. The van der Waals surface area contributed by atoms with Crippen LogP contribution in [0, 0.1) is 5.41 Å². The lowest BCUT2D eigenvalue weighted by atomic mass is 9.98. The second kappa shape index (κ2) is 9.47. The minimum Gasteiger partial charge on any atom is -0.367 e. The number of fused-ring (bicyclic) bond motifs is 1. The van der Waals surface area contributed by atoms with Crippen molar-refractivity contribution in [3.8, 4) is 0 Å². The minimum atomic E-state index is -0.472. The number of benzene rings is 1. The number of halogens is 1. The Bertz CT molecular complexity index is 835. The molecule has 0 radical (unpaired) electrons. The molecule has 0 unspecified atom stereocenters. The van der Waals surface area contributed by atoms with Crippen LogP contribution in [0.3, 0.4) is 0 Å². The van der Waals surface area contributed by atoms with Gasteiger partial charge in [-0.3, -0.25) is 4.90 Å². The lowest BCUT2D eigenvalue weighted by Gasteiger charge is -2.34. The summed E-state index contributed by atoms with van der Waals surface area (Å²) in [4.78, 5) is 20.0. The number of hydroxylamine groups is 2. The highest BCUT2D eigenvalue weighted by atomic mass is 35.5. The molecule has 1 aliphatic heterocycles. The topological polar surface area (TPSA) is 49.7 Å². The summed E-state index contributed by atoms with van der Waals surface area (Å²) in [6.45, 7) is 11.8. The van der Waals surface area contributed by atoms with Gasteiger partial charge in [-0.1, -0.05) is 11.6 Å². The van der Waals surface area contributed by atoms with E-state index in [1.54, 1.807) is 5.06 Å². The van der Waals surface area contributed by atoms with Crippen molar-refractivity contribution >= 4 is 28.5 Å². The molecule has 1 saturated heterocycles. The molecule has 1 aromatic carbocycles. The highest BCUT2D eigenvalue weighted by molar-refractivity contribution is 6.31. The Morgan fingerprint density at radius 3 is 2.55 bits per heavy atom. The molecule has 1 aromatic heterocycles. The first-order chi connectivity index (χ1) is 13.8. The zero-order valence-corrected chi connectivity index (χ0v) is 18.8. The van der Waals surface area contributed by atoms with Crippen molar-refractivity contribution in [3.05, 3.63) is 35.0 Å². The summed E-state index contributed by atoms with van der Waals surface area (Å²) in [5.74, 6) is -0.169. The van der Waals surface area contributed by atoms with Gasteiger partial charge in [-0.2, -0.15) is 0 Å². The maximum atomic E-state index is 12.1. The summed E-state index contributed by atoms with van der Waals surface area (Å²) in [5, 5.41) is 7.04. The van der Waals surface area contributed by atoms with E-state index in [4.69, 9.17) is 16.4 Å². The van der Waals surface area contributed by atoms with Crippen LogP contribution in [0.5, 0.6) is 0 Å². The summed E-state index contributed by atoms with van der Waals surface area (Å²) >= 11 is 6.24. The van der Waals surface area contributed by atoms with Crippen molar-refractivity contribution in [3.63, 3.8) is 0 Å². The van der Waals surface area contributed by atoms with E-state index in [2.05, 4.69) is 33.1 Å². The van der Waals surface area contributed by atoms with Crippen LogP contribution in [-0.4, -0.2) is 66.8 Å². The Kier molecular flexibility index (Phi) is 7.22. The molecule has 29 heavy (non-hydrogen) atoms. The Balaban J connectivity index is 1.57. The molecule has 0 saturated carbocycles. The average Bonchev–Trinajstić information content (AvgIpc) is 3.02. The van der Waals surface area contributed by atoms with Crippen LogP contribution in [0.2, 0.25) is 5.02 Å². The van der Waals surface area contributed by atoms with Crippen LogP contribution in [0.4, 0.5) is 0 Å². The monoisotopic (exact) mass is 420 g/mol. The maximum Gasteiger partial charge on any atom is 0.330 e. The third kappa shape index (κ3) is 5.72. The molecule has 7 heteroatoms. The molecule has 2 heterocycles. The third-order valence-electron chi connectivity index (χ3n) is 5.38. The SMILES string of the molecule is CNCCc1cn(CCN2CCN(OC(=O)C(C)(C)C)CC2)c2ccc(Cl)cc12. The summed E-state index contributed by atoms with van der Waals surface area (Å²) in [5.41, 5.74) is 2.09. The molecule has 1 aliphatic rings. The van der Waals surface area contributed by atoms with Gasteiger partial charge >= 0.3 is 5.97 Å². The first kappa shape index (κ1) is 22.1.